The number of aryl methyl sites for hydroxylation is 1. The van der Waals surface area contributed by atoms with Crippen molar-refractivity contribution in [3.63, 3.8) is 0 Å². The van der Waals surface area contributed by atoms with Crippen LogP contribution in [-0.2, 0) is 6.42 Å². The third kappa shape index (κ3) is 3.08. The quantitative estimate of drug-likeness (QED) is 0.488. The molecule has 0 fully saturated rings. The molecule has 0 spiro atoms. The number of benzene rings is 2. The molecule has 4 nitrogen and oxygen atoms in total. The maximum Gasteiger partial charge on any atom is 0.257 e. The van der Waals surface area contributed by atoms with Crippen LogP contribution in [-0.4, -0.2) is 19.2 Å². The van der Waals surface area contributed by atoms with Gasteiger partial charge in [0.2, 0.25) is 0 Å². The largest absolute Gasteiger partial charge is 0.493 e. The van der Waals surface area contributed by atoms with Crippen molar-refractivity contribution >= 4 is 22.2 Å². The zero-order chi connectivity index (χ0) is 19.7. The summed E-state index contributed by atoms with van der Waals surface area (Å²) >= 11 is 1.56. The summed E-state index contributed by atoms with van der Waals surface area (Å²) in [7, 11) is 3.21. The van der Waals surface area contributed by atoms with Gasteiger partial charge in [-0.05, 0) is 35.1 Å². The van der Waals surface area contributed by atoms with Gasteiger partial charge in [0, 0.05) is 21.9 Å². The normalized spacial score (nSPS) is 11.0. The van der Waals surface area contributed by atoms with Gasteiger partial charge in [-0.1, -0.05) is 37.3 Å². The van der Waals surface area contributed by atoms with E-state index in [-0.39, 0.29) is 5.56 Å². The number of nitrogens with one attached hydrogen (secondary N) is 1. The molecule has 4 aromatic rings. The Hall–Kier alpha value is -3.05. The monoisotopic (exact) mass is 391 g/mol. The van der Waals surface area contributed by atoms with Gasteiger partial charge >= 0.3 is 0 Å². The maximum absolute atomic E-state index is 13.1. The Labute approximate surface area is 167 Å². The molecule has 0 atom stereocenters. The highest BCUT2D eigenvalue weighted by atomic mass is 32.1. The van der Waals surface area contributed by atoms with Gasteiger partial charge in [0.15, 0.2) is 11.5 Å². The maximum atomic E-state index is 13.1. The highest BCUT2D eigenvalue weighted by Crippen LogP contribution is 2.40. The molecule has 28 heavy (non-hydrogen) atoms. The molecule has 0 bridgehead atoms. The number of aromatic amines is 1. The number of hydrogen-bond acceptors (Lipinski definition) is 4. The van der Waals surface area contributed by atoms with E-state index in [1.807, 2.05) is 35.7 Å². The summed E-state index contributed by atoms with van der Waals surface area (Å²) in [5.41, 5.74) is 4.45. The number of rotatable bonds is 5. The van der Waals surface area contributed by atoms with Crippen LogP contribution >= 0.6 is 11.3 Å². The molecule has 2 heterocycles. The van der Waals surface area contributed by atoms with Crippen molar-refractivity contribution in [2.24, 2.45) is 0 Å². The number of pyridine rings is 1. The van der Waals surface area contributed by atoms with Gasteiger partial charge in [0.05, 0.1) is 25.3 Å². The van der Waals surface area contributed by atoms with Gasteiger partial charge in [0.25, 0.3) is 5.56 Å². The van der Waals surface area contributed by atoms with Crippen LogP contribution in [0.15, 0.2) is 58.7 Å². The molecule has 2 aromatic carbocycles. The van der Waals surface area contributed by atoms with Crippen LogP contribution in [0.1, 0.15) is 12.5 Å². The highest BCUT2D eigenvalue weighted by molar-refractivity contribution is 7.13. The van der Waals surface area contributed by atoms with Crippen molar-refractivity contribution < 1.29 is 9.47 Å². The van der Waals surface area contributed by atoms with Crippen molar-refractivity contribution in [1.29, 1.82) is 0 Å². The Bertz CT molecular complexity index is 1190. The first-order chi connectivity index (χ1) is 13.7. The summed E-state index contributed by atoms with van der Waals surface area (Å²) in [5.74, 6) is 1.22. The number of thiophene rings is 1. The molecule has 4 rings (SSSR count). The zero-order valence-corrected chi connectivity index (χ0v) is 16.9. The number of hydrogen-bond donors (Lipinski definition) is 1. The van der Waals surface area contributed by atoms with Crippen molar-refractivity contribution in [2.45, 2.75) is 13.3 Å². The van der Waals surface area contributed by atoms with E-state index in [2.05, 4.69) is 30.1 Å². The summed E-state index contributed by atoms with van der Waals surface area (Å²) in [4.78, 5) is 17.1. The molecule has 0 amide bonds. The van der Waals surface area contributed by atoms with E-state index < -0.39 is 0 Å². The average molecular weight is 391 g/mol. The van der Waals surface area contributed by atoms with Crippen LogP contribution in [0, 0.1) is 0 Å². The number of methoxy groups -OCH3 is 2. The molecule has 0 unspecified atom stereocenters. The van der Waals surface area contributed by atoms with Gasteiger partial charge < -0.3 is 14.5 Å². The number of aromatic nitrogens is 1. The lowest BCUT2D eigenvalue weighted by Crippen LogP contribution is -2.11. The number of fused-ring (bicyclic) bond motifs is 1. The second-order valence-electron chi connectivity index (χ2n) is 6.49. The highest BCUT2D eigenvalue weighted by Gasteiger charge is 2.19. The molecule has 5 heteroatoms. The predicted octanol–water partition coefficient (Wildman–Crippen LogP) is 5.50. The van der Waals surface area contributed by atoms with Crippen LogP contribution in [0.5, 0.6) is 11.5 Å². The fourth-order valence-electron chi connectivity index (χ4n) is 3.52. The first kappa shape index (κ1) is 18.3. The Morgan fingerprint density at radius 1 is 0.964 bits per heavy atom. The lowest BCUT2D eigenvalue weighted by Gasteiger charge is -2.15. The minimum atomic E-state index is -0.112. The Morgan fingerprint density at radius 2 is 1.75 bits per heavy atom. The third-order valence-electron chi connectivity index (χ3n) is 4.91. The number of H-pyrrole nitrogens is 1. The van der Waals surface area contributed by atoms with E-state index in [4.69, 9.17) is 9.47 Å². The van der Waals surface area contributed by atoms with Gasteiger partial charge in [-0.2, -0.15) is 0 Å². The van der Waals surface area contributed by atoms with Gasteiger partial charge in [-0.3, -0.25) is 4.79 Å². The van der Waals surface area contributed by atoms with E-state index in [0.717, 1.165) is 33.3 Å². The molecule has 2 aromatic heterocycles. The van der Waals surface area contributed by atoms with Crippen molar-refractivity contribution in [2.75, 3.05) is 14.2 Å². The summed E-state index contributed by atoms with van der Waals surface area (Å²) in [6, 6.07) is 16.1. The van der Waals surface area contributed by atoms with E-state index in [1.165, 1.54) is 5.56 Å². The fraction of sp³-hybridized carbons (Fsp3) is 0.174. The van der Waals surface area contributed by atoms with Crippen LogP contribution in [0.25, 0.3) is 32.5 Å². The average Bonchev–Trinajstić information content (AvgIpc) is 3.26. The Morgan fingerprint density at radius 3 is 2.43 bits per heavy atom. The van der Waals surface area contributed by atoms with E-state index >= 15 is 0 Å². The summed E-state index contributed by atoms with van der Waals surface area (Å²) in [5, 5.41) is 2.91. The molecule has 142 valence electrons. The molecule has 0 radical (unpaired) electrons. The fourth-order valence-corrected chi connectivity index (χ4v) is 4.30. The minimum Gasteiger partial charge on any atom is -0.493 e. The zero-order valence-electron chi connectivity index (χ0n) is 16.0. The van der Waals surface area contributed by atoms with Crippen molar-refractivity contribution in [3.05, 3.63) is 69.8 Å². The standard InChI is InChI=1S/C23H21NO3S/c1-4-14-7-5-8-15(11-14)21-16-12-18(26-2)19(27-3)13-17(16)24-23(25)22(21)20-9-6-10-28-20/h5-13H,4H2,1-3H3,(H,24,25). The summed E-state index contributed by atoms with van der Waals surface area (Å²) < 4.78 is 11.0. The van der Waals surface area contributed by atoms with Crippen LogP contribution in [0.2, 0.25) is 0 Å². The first-order valence-electron chi connectivity index (χ1n) is 9.11. The minimum absolute atomic E-state index is 0.112. The molecule has 0 aliphatic heterocycles. The SMILES string of the molecule is CCc1cccc(-c2c(-c3cccs3)c(=O)[nH]c3cc(OC)c(OC)cc23)c1. The van der Waals surface area contributed by atoms with Gasteiger partial charge in [-0.25, -0.2) is 0 Å². The Balaban J connectivity index is 2.16. The molecule has 0 saturated carbocycles. The second kappa shape index (κ2) is 7.52. The molecular formula is C23H21NO3S. The summed E-state index contributed by atoms with van der Waals surface area (Å²) in [6.45, 7) is 2.13. The predicted molar refractivity (Wildman–Crippen MR) is 116 cm³/mol. The molecule has 0 aliphatic carbocycles. The van der Waals surface area contributed by atoms with Crippen LogP contribution in [0.3, 0.4) is 0 Å². The number of ether oxygens (including phenoxy) is 2. The topological polar surface area (TPSA) is 51.3 Å². The molecule has 1 N–H and O–H groups in total. The van der Waals surface area contributed by atoms with Crippen molar-refractivity contribution in [1.82, 2.24) is 4.98 Å². The smallest absolute Gasteiger partial charge is 0.257 e. The van der Waals surface area contributed by atoms with Crippen molar-refractivity contribution in [3.8, 4) is 33.1 Å². The van der Waals surface area contributed by atoms with E-state index in [0.29, 0.717) is 17.1 Å². The van der Waals surface area contributed by atoms with Crippen LogP contribution in [0.4, 0.5) is 0 Å². The van der Waals surface area contributed by atoms with Crippen LogP contribution < -0.4 is 15.0 Å². The van der Waals surface area contributed by atoms with E-state index in [9.17, 15) is 4.79 Å². The molecule has 0 aliphatic rings. The van der Waals surface area contributed by atoms with Gasteiger partial charge in [-0.15, -0.1) is 11.3 Å². The van der Waals surface area contributed by atoms with Gasteiger partial charge in [0.1, 0.15) is 0 Å². The third-order valence-corrected chi connectivity index (χ3v) is 5.80. The molecule has 0 saturated heterocycles. The second-order valence-corrected chi connectivity index (χ2v) is 7.44. The first-order valence-corrected chi connectivity index (χ1v) is 9.99. The molecular weight excluding hydrogens is 370 g/mol. The summed E-state index contributed by atoms with van der Waals surface area (Å²) in [6.07, 6.45) is 0.931. The Kier molecular flexibility index (Phi) is 4.92. The lowest BCUT2D eigenvalue weighted by atomic mass is 9.93. The lowest BCUT2D eigenvalue weighted by molar-refractivity contribution is 0.356. The van der Waals surface area contributed by atoms with E-state index in [1.54, 1.807) is 25.6 Å².